The molecule has 10 heteroatoms. The highest BCUT2D eigenvalue weighted by molar-refractivity contribution is 7.89. The Labute approximate surface area is 182 Å². The average molecular weight is 463 g/mol. The monoisotopic (exact) mass is 462 g/mol. The van der Waals surface area contributed by atoms with Crippen LogP contribution < -0.4 is 5.32 Å². The highest BCUT2D eigenvalue weighted by atomic mass is 35.5. The van der Waals surface area contributed by atoms with Gasteiger partial charge < -0.3 is 4.90 Å². The van der Waals surface area contributed by atoms with Gasteiger partial charge in [0.25, 0.3) is 0 Å². The number of piperidine rings is 1. The largest absolute Gasteiger partial charge is 0.324 e. The molecular weight excluding hydrogens is 432 g/mol. The van der Waals surface area contributed by atoms with Gasteiger partial charge in [0.05, 0.1) is 11.9 Å². The number of amides is 2. The van der Waals surface area contributed by atoms with Gasteiger partial charge in [0.1, 0.15) is 4.34 Å². The maximum Gasteiger partial charge on any atom is 0.324 e. The number of carbonyl (C=O) groups excluding carboxylic acids is 1. The fourth-order valence-electron chi connectivity index (χ4n) is 4.40. The van der Waals surface area contributed by atoms with Crippen LogP contribution >= 0.6 is 22.9 Å². The number of anilines is 1. The number of nitrogens with zero attached hydrogens (tertiary/aromatic N) is 3. The van der Waals surface area contributed by atoms with Gasteiger partial charge in [-0.15, -0.1) is 0 Å². The summed E-state index contributed by atoms with van der Waals surface area (Å²) in [5.41, 5.74) is 0. The lowest BCUT2D eigenvalue weighted by molar-refractivity contribution is 0.0979. The lowest BCUT2D eigenvalue weighted by Crippen LogP contribution is -2.54. The summed E-state index contributed by atoms with van der Waals surface area (Å²) in [6.07, 6.45) is 7.69. The summed E-state index contributed by atoms with van der Waals surface area (Å²) in [5, 5.41) is 3.41. The summed E-state index contributed by atoms with van der Waals surface area (Å²) in [6.45, 7) is 5.09. The molecule has 1 saturated heterocycles. The molecular formula is C19H31ClN4O3S2. The van der Waals surface area contributed by atoms with Crippen LogP contribution in [-0.4, -0.2) is 59.6 Å². The number of thiazole rings is 1. The number of halogens is 1. The second-order valence-electron chi connectivity index (χ2n) is 8.17. The van der Waals surface area contributed by atoms with Crippen LogP contribution in [0, 0.1) is 5.92 Å². The van der Waals surface area contributed by atoms with Crippen molar-refractivity contribution in [3.05, 3.63) is 10.5 Å². The van der Waals surface area contributed by atoms with E-state index in [9.17, 15) is 13.2 Å². The van der Waals surface area contributed by atoms with Crippen LogP contribution in [0.5, 0.6) is 0 Å². The van der Waals surface area contributed by atoms with Crippen LogP contribution in [-0.2, 0) is 10.0 Å². The van der Waals surface area contributed by atoms with E-state index in [1.54, 1.807) is 4.31 Å². The van der Waals surface area contributed by atoms with Gasteiger partial charge in [-0.3, -0.25) is 5.32 Å². The normalized spacial score (nSPS) is 24.4. The summed E-state index contributed by atoms with van der Waals surface area (Å²) < 4.78 is 26.9. The van der Waals surface area contributed by atoms with Crippen LogP contribution in [0.1, 0.15) is 58.8 Å². The number of aromatic nitrogens is 1. The molecule has 1 aromatic rings. The molecule has 2 heterocycles. The van der Waals surface area contributed by atoms with Crippen LogP contribution in [0.2, 0.25) is 4.34 Å². The van der Waals surface area contributed by atoms with Crippen molar-refractivity contribution in [2.45, 2.75) is 70.9 Å². The van der Waals surface area contributed by atoms with E-state index < -0.39 is 10.0 Å². The Morgan fingerprint density at radius 2 is 1.86 bits per heavy atom. The van der Waals surface area contributed by atoms with Crippen molar-refractivity contribution in [1.29, 1.82) is 0 Å². The van der Waals surface area contributed by atoms with Crippen molar-refractivity contribution in [3.8, 4) is 0 Å². The molecule has 29 heavy (non-hydrogen) atoms. The first-order valence-electron chi connectivity index (χ1n) is 10.5. The lowest BCUT2D eigenvalue weighted by Gasteiger charge is -2.43. The summed E-state index contributed by atoms with van der Waals surface area (Å²) in [4.78, 5) is 19.3. The van der Waals surface area contributed by atoms with Gasteiger partial charge in [-0.25, -0.2) is 22.5 Å². The van der Waals surface area contributed by atoms with E-state index in [-0.39, 0.29) is 23.9 Å². The van der Waals surface area contributed by atoms with Crippen molar-refractivity contribution in [3.63, 3.8) is 0 Å². The van der Waals surface area contributed by atoms with E-state index in [0.717, 1.165) is 25.7 Å². The zero-order chi connectivity index (χ0) is 21.0. The fraction of sp³-hybridized carbons (Fsp3) is 0.789. The molecule has 1 aromatic heterocycles. The molecule has 0 bridgehead atoms. The molecule has 1 saturated carbocycles. The molecule has 7 nitrogen and oxygen atoms in total. The van der Waals surface area contributed by atoms with E-state index in [0.29, 0.717) is 47.7 Å². The molecule has 1 N–H and O–H groups in total. The molecule has 164 valence electrons. The van der Waals surface area contributed by atoms with Crippen LogP contribution in [0.25, 0.3) is 0 Å². The number of hydrogen-bond donors (Lipinski definition) is 1. The molecule has 0 radical (unpaired) electrons. The summed E-state index contributed by atoms with van der Waals surface area (Å²) in [7, 11) is -3.19. The van der Waals surface area contributed by atoms with Gasteiger partial charge in [0.2, 0.25) is 10.0 Å². The van der Waals surface area contributed by atoms with Gasteiger partial charge in [0, 0.05) is 25.2 Å². The Balaban J connectivity index is 1.70. The first-order chi connectivity index (χ1) is 13.8. The molecule has 1 aliphatic carbocycles. The second-order valence-corrected chi connectivity index (χ2v) is 11.9. The van der Waals surface area contributed by atoms with Crippen molar-refractivity contribution in [2.24, 2.45) is 5.92 Å². The third-order valence-electron chi connectivity index (χ3n) is 5.98. The maximum atomic E-state index is 13.2. The number of nitrogens with one attached hydrogen (secondary N) is 1. The summed E-state index contributed by atoms with van der Waals surface area (Å²) in [5.74, 6) is 0.877. The van der Waals surface area contributed by atoms with Gasteiger partial charge in [-0.2, -0.15) is 0 Å². The highest BCUT2D eigenvalue weighted by Crippen LogP contribution is 2.32. The van der Waals surface area contributed by atoms with E-state index >= 15 is 0 Å². The zero-order valence-electron chi connectivity index (χ0n) is 17.1. The van der Waals surface area contributed by atoms with Gasteiger partial charge in [-0.05, 0) is 50.9 Å². The SMILES string of the molecule is CCCS(=O)(=O)N1CCC(N(C(=O)Nc2ncc(Cl)s2)C2CCC(C)CC2)CC1. The van der Waals surface area contributed by atoms with Crippen LogP contribution in [0.4, 0.5) is 9.93 Å². The van der Waals surface area contributed by atoms with Crippen LogP contribution in [0.3, 0.4) is 0 Å². The molecule has 2 aliphatic rings. The van der Waals surface area contributed by atoms with E-state index in [2.05, 4.69) is 17.2 Å². The number of carbonyl (C=O) groups is 1. The average Bonchev–Trinajstić information content (AvgIpc) is 3.08. The van der Waals surface area contributed by atoms with Crippen molar-refractivity contribution in [2.75, 3.05) is 24.2 Å². The number of sulfonamides is 1. The van der Waals surface area contributed by atoms with Crippen LogP contribution in [0.15, 0.2) is 6.20 Å². The minimum Gasteiger partial charge on any atom is -0.318 e. The smallest absolute Gasteiger partial charge is 0.318 e. The predicted octanol–water partition coefficient (Wildman–Crippen LogP) is 4.41. The minimum absolute atomic E-state index is 0.0388. The number of hydrogen-bond acceptors (Lipinski definition) is 5. The Bertz CT molecular complexity index is 785. The first-order valence-corrected chi connectivity index (χ1v) is 13.3. The molecule has 0 spiro atoms. The molecule has 2 fully saturated rings. The Morgan fingerprint density at radius 3 is 2.41 bits per heavy atom. The van der Waals surface area contributed by atoms with Gasteiger partial charge >= 0.3 is 6.03 Å². The summed E-state index contributed by atoms with van der Waals surface area (Å²) >= 11 is 7.19. The number of urea groups is 1. The lowest BCUT2D eigenvalue weighted by atomic mass is 9.85. The molecule has 0 atom stereocenters. The standard InChI is InChI=1S/C19H31ClN4O3S2/c1-3-12-29(26,27)23-10-8-16(9-11-23)24(15-6-4-14(2)5-7-15)19(25)22-18-21-13-17(20)28-18/h13-16H,3-12H2,1-2H3,(H,21,22,25). The zero-order valence-corrected chi connectivity index (χ0v) is 19.5. The molecule has 1 aliphatic heterocycles. The first kappa shape index (κ1) is 22.8. The molecule has 3 rings (SSSR count). The quantitative estimate of drug-likeness (QED) is 0.678. The Morgan fingerprint density at radius 1 is 1.24 bits per heavy atom. The molecule has 0 unspecified atom stereocenters. The van der Waals surface area contributed by atoms with Crippen molar-refractivity contribution < 1.29 is 13.2 Å². The second kappa shape index (κ2) is 9.94. The third-order valence-corrected chi connectivity index (χ3v) is 9.08. The molecule has 0 aromatic carbocycles. The Kier molecular flexibility index (Phi) is 7.81. The summed E-state index contributed by atoms with van der Waals surface area (Å²) in [6, 6.07) is 0.0767. The van der Waals surface area contributed by atoms with E-state index in [1.807, 2.05) is 11.8 Å². The van der Waals surface area contributed by atoms with E-state index in [1.165, 1.54) is 17.5 Å². The highest BCUT2D eigenvalue weighted by Gasteiger charge is 2.37. The van der Waals surface area contributed by atoms with Crippen molar-refractivity contribution in [1.82, 2.24) is 14.2 Å². The van der Waals surface area contributed by atoms with Gasteiger partial charge in [0.15, 0.2) is 5.13 Å². The van der Waals surface area contributed by atoms with E-state index in [4.69, 9.17) is 11.6 Å². The predicted molar refractivity (Wildman–Crippen MR) is 118 cm³/mol. The molecule has 2 amide bonds. The Hall–Kier alpha value is -0.900. The third kappa shape index (κ3) is 5.83. The minimum atomic E-state index is -3.19. The number of rotatable bonds is 6. The van der Waals surface area contributed by atoms with Gasteiger partial charge in [-0.1, -0.05) is 36.8 Å². The van der Waals surface area contributed by atoms with Crippen molar-refractivity contribution >= 4 is 44.1 Å². The fourth-order valence-corrected chi connectivity index (χ4v) is 6.75. The maximum absolute atomic E-state index is 13.2. The topological polar surface area (TPSA) is 82.6 Å².